The Morgan fingerprint density at radius 3 is 3.00 bits per heavy atom. The van der Waals surface area contributed by atoms with Crippen LogP contribution in [-0.2, 0) is 4.79 Å². The fraction of sp³-hybridized carbons (Fsp3) is 0.667. The zero-order chi connectivity index (χ0) is 8.81. The monoisotopic (exact) mass is 318 g/mol. The second-order valence-corrected chi connectivity index (χ2v) is 2.65. The van der Waals surface area contributed by atoms with E-state index in [9.17, 15) is 4.79 Å². The molecular formula is C6H12ClIN4O. The van der Waals surface area contributed by atoms with Gasteiger partial charge in [-0.15, -0.1) is 35.6 Å². The summed E-state index contributed by atoms with van der Waals surface area (Å²) in [5.74, 6) is 0.798. The van der Waals surface area contributed by atoms with Gasteiger partial charge in [0.25, 0.3) is 0 Å². The molecule has 0 aromatic rings. The maximum Gasteiger partial charge on any atom is 0.239 e. The summed E-state index contributed by atoms with van der Waals surface area (Å²) in [6.45, 7) is 1.56. The molecule has 1 amide bonds. The van der Waals surface area contributed by atoms with E-state index in [1.165, 1.54) is 0 Å². The number of hydrazine groups is 1. The molecule has 1 rings (SSSR count). The molecule has 0 unspecified atom stereocenters. The number of aliphatic imine (C=N–C) groups is 1. The molecule has 1 aliphatic rings. The van der Waals surface area contributed by atoms with Crippen LogP contribution in [0.5, 0.6) is 0 Å². The normalized spacial score (nSPS) is 13.8. The Balaban J connectivity index is 0.00000144. The number of carbonyl (C=O) groups excluding carboxylic acids is 1. The van der Waals surface area contributed by atoms with Crippen molar-refractivity contribution in [1.82, 2.24) is 16.2 Å². The predicted molar refractivity (Wildman–Crippen MR) is 62.3 cm³/mol. The van der Waals surface area contributed by atoms with E-state index < -0.39 is 0 Å². The van der Waals surface area contributed by atoms with Crippen molar-refractivity contribution in [2.24, 2.45) is 4.99 Å². The highest BCUT2D eigenvalue weighted by atomic mass is 127. The van der Waals surface area contributed by atoms with Crippen LogP contribution < -0.4 is 16.2 Å². The third-order valence-corrected chi connectivity index (χ3v) is 1.51. The van der Waals surface area contributed by atoms with Crippen LogP contribution in [0.2, 0.25) is 0 Å². The van der Waals surface area contributed by atoms with Crippen LogP contribution in [0.25, 0.3) is 0 Å². The van der Waals surface area contributed by atoms with Crippen molar-refractivity contribution in [3.05, 3.63) is 0 Å². The number of rotatable bonds is 2. The third kappa shape index (κ3) is 5.14. The average Bonchev–Trinajstić information content (AvgIpc) is 2.53. The quantitative estimate of drug-likeness (QED) is 0.376. The van der Waals surface area contributed by atoms with Crippen LogP contribution in [0.4, 0.5) is 0 Å². The number of guanidine groups is 1. The van der Waals surface area contributed by atoms with Crippen molar-refractivity contribution in [3.63, 3.8) is 0 Å². The summed E-state index contributed by atoms with van der Waals surface area (Å²) >= 11 is 5.36. The van der Waals surface area contributed by atoms with E-state index in [-0.39, 0.29) is 29.9 Å². The average molecular weight is 319 g/mol. The van der Waals surface area contributed by atoms with Crippen LogP contribution >= 0.6 is 35.6 Å². The van der Waals surface area contributed by atoms with Gasteiger partial charge in [-0.25, -0.2) is 0 Å². The van der Waals surface area contributed by atoms with Gasteiger partial charge in [-0.1, -0.05) is 0 Å². The number of hydrogen-bond donors (Lipinski definition) is 3. The third-order valence-electron chi connectivity index (χ3n) is 1.32. The Hall–Kier alpha value is -0.240. The molecule has 5 nitrogen and oxygen atoms in total. The first-order valence-electron chi connectivity index (χ1n) is 3.72. The van der Waals surface area contributed by atoms with Crippen LogP contribution in [0.1, 0.15) is 6.42 Å². The largest absolute Gasteiger partial charge is 0.353 e. The number of halogens is 2. The lowest BCUT2D eigenvalue weighted by Crippen LogP contribution is -2.46. The maximum absolute atomic E-state index is 10.9. The molecule has 0 spiro atoms. The summed E-state index contributed by atoms with van der Waals surface area (Å²) in [7, 11) is 0. The molecular weight excluding hydrogens is 306 g/mol. The lowest BCUT2D eigenvalue weighted by atomic mass is 10.5. The standard InChI is InChI=1S/C6H11ClN4O.HI/c7-2-1-5(12)10-11-6-8-3-4-9-6;/h1-4H2,(H,10,12)(H2,8,9,11);1H. The minimum absolute atomic E-state index is 0. The van der Waals surface area contributed by atoms with Crippen LogP contribution in [0, 0.1) is 0 Å². The predicted octanol–water partition coefficient (Wildman–Crippen LogP) is -0.187. The minimum atomic E-state index is -0.138. The van der Waals surface area contributed by atoms with E-state index in [2.05, 4.69) is 21.2 Å². The molecule has 0 radical (unpaired) electrons. The van der Waals surface area contributed by atoms with Crippen molar-refractivity contribution < 1.29 is 4.79 Å². The molecule has 0 saturated carbocycles. The molecule has 7 heteroatoms. The Bertz CT molecular complexity index is 199. The SMILES string of the molecule is I.O=C(CCCl)NNC1=NCCN1. The van der Waals surface area contributed by atoms with Gasteiger partial charge in [0, 0.05) is 18.8 Å². The first-order chi connectivity index (χ1) is 5.83. The summed E-state index contributed by atoms with van der Waals surface area (Å²) in [5.41, 5.74) is 5.11. The number of nitrogens with zero attached hydrogens (tertiary/aromatic N) is 1. The Morgan fingerprint density at radius 2 is 2.46 bits per heavy atom. The first kappa shape index (κ1) is 12.8. The summed E-state index contributed by atoms with van der Waals surface area (Å²) in [4.78, 5) is 14.9. The van der Waals surface area contributed by atoms with Crippen molar-refractivity contribution in [2.75, 3.05) is 19.0 Å². The van der Waals surface area contributed by atoms with Crippen molar-refractivity contribution in [3.8, 4) is 0 Å². The number of amides is 1. The molecule has 0 aliphatic carbocycles. The van der Waals surface area contributed by atoms with Gasteiger partial charge in [0.15, 0.2) is 0 Å². The van der Waals surface area contributed by atoms with Gasteiger partial charge in [0.05, 0.1) is 6.54 Å². The molecule has 0 aromatic carbocycles. The molecule has 0 fully saturated rings. The van der Waals surface area contributed by atoms with Crippen LogP contribution in [0.3, 0.4) is 0 Å². The summed E-state index contributed by atoms with van der Waals surface area (Å²) in [6.07, 6.45) is 0.307. The van der Waals surface area contributed by atoms with Crippen molar-refractivity contribution >= 4 is 47.4 Å². The van der Waals surface area contributed by atoms with E-state index in [1.54, 1.807) is 0 Å². The van der Waals surface area contributed by atoms with Gasteiger partial charge in [0.2, 0.25) is 11.9 Å². The van der Waals surface area contributed by atoms with Gasteiger partial charge in [-0.05, 0) is 0 Å². The molecule has 13 heavy (non-hydrogen) atoms. The highest BCUT2D eigenvalue weighted by Gasteiger charge is 2.04. The van der Waals surface area contributed by atoms with E-state index in [0.29, 0.717) is 18.3 Å². The van der Waals surface area contributed by atoms with Crippen molar-refractivity contribution in [2.45, 2.75) is 6.42 Å². The fourth-order valence-corrected chi connectivity index (χ4v) is 0.931. The van der Waals surface area contributed by atoms with Gasteiger partial charge in [0.1, 0.15) is 0 Å². The van der Waals surface area contributed by atoms with E-state index in [1.807, 2.05) is 0 Å². The number of nitrogens with one attached hydrogen (secondary N) is 3. The molecule has 0 aromatic heterocycles. The van der Waals surface area contributed by atoms with E-state index >= 15 is 0 Å². The molecule has 0 saturated heterocycles. The molecule has 1 aliphatic heterocycles. The van der Waals surface area contributed by atoms with Crippen LogP contribution in [-0.4, -0.2) is 30.8 Å². The molecule has 3 N–H and O–H groups in total. The van der Waals surface area contributed by atoms with E-state index in [0.717, 1.165) is 13.1 Å². The number of alkyl halides is 1. The Morgan fingerprint density at radius 1 is 1.69 bits per heavy atom. The maximum atomic E-state index is 10.9. The highest BCUT2D eigenvalue weighted by Crippen LogP contribution is 1.83. The van der Waals surface area contributed by atoms with Gasteiger partial charge in [-0.3, -0.25) is 20.6 Å². The van der Waals surface area contributed by atoms with Gasteiger partial charge in [-0.2, -0.15) is 0 Å². The number of hydrogen-bond acceptors (Lipinski definition) is 4. The zero-order valence-electron chi connectivity index (χ0n) is 6.97. The molecule has 0 bridgehead atoms. The fourth-order valence-electron chi connectivity index (χ4n) is 0.759. The second-order valence-electron chi connectivity index (χ2n) is 2.27. The van der Waals surface area contributed by atoms with Gasteiger partial charge < -0.3 is 5.32 Å². The van der Waals surface area contributed by atoms with Crippen LogP contribution in [0.15, 0.2) is 4.99 Å². The second kappa shape index (κ2) is 7.19. The summed E-state index contributed by atoms with van der Waals surface area (Å²) < 4.78 is 0. The molecule has 76 valence electrons. The van der Waals surface area contributed by atoms with Gasteiger partial charge >= 0.3 is 0 Å². The Labute approximate surface area is 98.7 Å². The zero-order valence-corrected chi connectivity index (χ0v) is 10.1. The molecule has 0 atom stereocenters. The summed E-state index contributed by atoms with van der Waals surface area (Å²) in [6, 6.07) is 0. The smallest absolute Gasteiger partial charge is 0.239 e. The Kier molecular flexibility index (Phi) is 7.06. The lowest BCUT2D eigenvalue weighted by Gasteiger charge is -2.06. The minimum Gasteiger partial charge on any atom is -0.353 e. The molecule has 1 heterocycles. The summed E-state index contributed by atoms with van der Waals surface area (Å²) in [5, 5.41) is 2.95. The first-order valence-corrected chi connectivity index (χ1v) is 4.25. The topological polar surface area (TPSA) is 65.5 Å². The van der Waals surface area contributed by atoms with Crippen molar-refractivity contribution in [1.29, 1.82) is 0 Å². The highest BCUT2D eigenvalue weighted by molar-refractivity contribution is 14.0. The van der Waals surface area contributed by atoms with E-state index in [4.69, 9.17) is 11.6 Å². The lowest BCUT2D eigenvalue weighted by molar-refractivity contribution is -0.121. The number of carbonyl (C=O) groups is 1.